The Hall–Kier alpha value is -3.15. The summed E-state index contributed by atoms with van der Waals surface area (Å²) in [5.41, 5.74) is 2.28. The maximum Gasteiger partial charge on any atom is 0.257 e. The van der Waals surface area contributed by atoms with Crippen molar-refractivity contribution < 1.29 is 23.4 Å². The molecule has 10 nitrogen and oxygen atoms in total. The maximum atomic E-state index is 13.6. The van der Waals surface area contributed by atoms with E-state index in [1.165, 1.54) is 12.8 Å². The zero-order valence-electron chi connectivity index (χ0n) is 21.8. The molecule has 1 amide bonds. The number of aromatic nitrogens is 2. The average Bonchev–Trinajstić information content (AvgIpc) is 3.45. The summed E-state index contributed by atoms with van der Waals surface area (Å²) in [7, 11) is -3.70. The van der Waals surface area contributed by atoms with Crippen LogP contribution >= 0.6 is 0 Å². The van der Waals surface area contributed by atoms with Crippen LogP contribution in [-0.2, 0) is 16.6 Å². The van der Waals surface area contributed by atoms with Gasteiger partial charge in [-0.2, -0.15) is 5.10 Å². The number of sulfonamides is 1. The highest BCUT2D eigenvalue weighted by Gasteiger charge is 2.44. The van der Waals surface area contributed by atoms with Gasteiger partial charge in [0.05, 0.1) is 52.6 Å². The first-order valence-corrected chi connectivity index (χ1v) is 14.6. The molecule has 11 heteroatoms. The molecule has 2 aromatic carbocycles. The van der Waals surface area contributed by atoms with Gasteiger partial charge < -0.3 is 20.4 Å². The molecule has 2 fully saturated rings. The highest BCUT2D eigenvalue weighted by molar-refractivity contribution is 7.92. The third-order valence-electron chi connectivity index (χ3n) is 7.39. The predicted molar refractivity (Wildman–Crippen MR) is 148 cm³/mol. The number of aliphatic hydroxyl groups excluding tert-OH is 1. The third kappa shape index (κ3) is 5.95. The van der Waals surface area contributed by atoms with Gasteiger partial charge in [0, 0.05) is 24.7 Å². The lowest BCUT2D eigenvalue weighted by Gasteiger charge is -2.35. The van der Waals surface area contributed by atoms with Crippen LogP contribution in [-0.4, -0.2) is 65.4 Å². The second-order valence-electron chi connectivity index (χ2n) is 11.2. The number of piperidine rings is 1. The van der Waals surface area contributed by atoms with Crippen molar-refractivity contribution in [2.24, 2.45) is 5.41 Å². The van der Waals surface area contributed by atoms with Gasteiger partial charge in [-0.1, -0.05) is 6.07 Å². The number of hydrogen-bond donors (Lipinski definition) is 4. The minimum atomic E-state index is -3.70. The number of nitrogens with one attached hydrogen (secondary N) is 2. The number of hydrogen-bond acceptors (Lipinski definition) is 7. The van der Waals surface area contributed by atoms with Crippen LogP contribution in [0, 0.1) is 5.41 Å². The number of carbonyl (C=O) groups excluding carboxylic acids is 1. The smallest absolute Gasteiger partial charge is 0.257 e. The molecule has 0 bridgehead atoms. The SMILES string of the molecule is CC(C)(O)Cn1cc2c(NC(=O)c3ccc(NS(=O)(=O)CCO)cc3N3CCC4(CC3)CC4)cccc2n1. The zero-order chi connectivity index (χ0) is 27.1. The van der Waals surface area contributed by atoms with Crippen molar-refractivity contribution in [3.8, 4) is 0 Å². The fourth-order valence-electron chi connectivity index (χ4n) is 5.17. The van der Waals surface area contributed by atoms with Crippen LogP contribution < -0.4 is 14.9 Å². The molecule has 204 valence electrons. The van der Waals surface area contributed by atoms with E-state index in [1.807, 2.05) is 24.4 Å². The Kier molecular flexibility index (Phi) is 6.87. The van der Waals surface area contributed by atoms with Gasteiger partial charge in [0.25, 0.3) is 5.91 Å². The molecule has 0 unspecified atom stereocenters. The lowest BCUT2D eigenvalue weighted by molar-refractivity contribution is 0.0580. The van der Waals surface area contributed by atoms with Crippen LogP contribution in [0.3, 0.4) is 0 Å². The molecule has 4 N–H and O–H groups in total. The van der Waals surface area contributed by atoms with Crippen LogP contribution in [0.25, 0.3) is 10.9 Å². The molecule has 2 aliphatic rings. The molecule has 0 radical (unpaired) electrons. The summed E-state index contributed by atoms with van der Waals surface area (Å²) in [5, 5.41) is 27.6. The van der Waals surface area contributed by atoms with E-state index in [1.54, 1.807) is 36.7 Å². The van der Waals surface area contributed by atoms with Crippen molar-refractivity contribution in [3.05, 3.63) is 48.2 Å². The third-order valence-corrected chi connectivity index (χ3v) is 8.66. The fraction of sp³-hybridized carbons (Fsp3) is 0.481. The number of carbonyl (C=O) groups is 1. The summed E-state index contributed by atoms with van der Waals surface area (Å²) >= 11 is 0. The predicted octanol–water partition coefficient (Wildman–Crippen LogP) is 3.17. The topological polar surface area (TPSA) is 137 Å². The van der Waals surface area contributed by atoms with Gasteiger partial charge in [-0.05, 0) is 75.3 Å². The molecule has 1 aliphatic carbocycles. The zero-order valence-corrected chi connectivity index (χ0v) is 22.6. The van der Waals surface area contributed by atoms with Crippen molar-refractivity contribution in [2.45, 2.75) is 51.7 Å². The molecule has 38 heavy (non-hydrogen) atoms. The van der Waals surface area contributed by atoms with Gasteiger partial charge in [0.2, 0.25) is 10.0 Å². The van der Waals surface area contributed by atoms with E-state index in [2.05, 4.69) is 20.0 Å². The van der Waals surface area contributed by atoms with E-state index in [-0.39, 0.29) is 5.91 Å². The summed E-state index contributed by atoms with van der Waals surface area (Å²) in [6, 6.07) is 10.4. The highest BCUT2D eigenvalue weighted by atomic mass is 32.2. The van der Waals surface area contributed by atoms with Crippen LogP contribution in [0.15, 0.2) is 42.6 Å². The molecule has 1 aromatic heterocycles. The minimum absolute atomic E-state index is 0.306. The van der Waals surface area contributed by atoms with E-state index in [0.717, 1.165) is 31.3 Å². The highest BCUT2D eigenvalue weighted by Crippen LogP contribution is 2.54. The minimum Gasteiger partial charge on any atom is -0.395 e. The maximum absolute atomic E-state index is 13.6. The van der Waals surface area contributed by atoms with Gasteiger partial charge in [-0.15, -0.1) is 0 Å². The van der Waals surface area contributed by atoms with Gasteiger partial charge in [0.15, 0.2) is 0 Å². The molecular formula is C27H35N5O5S. The Morgan fingerprint density at radius 1 is 1.13 bits per heavy atom. The quantitative estimate of drug-likeness (QED) is 0.327. The first kappa shape index (κ1) is 26.5. The Labute approximate surface area is 222 Å². The summed E-state index contributed by atoms with van der Waals surface area (Å²) in [5.74, 6) is -0.707. The van der Waals surface area contributed by atoms with Crippen molar-refractivity contribution in [1.82, 2.24) is 9.78 Å². The van der Waals surface area contributed by atoms with Crippen LogP contribution in [0.5, 0.6) is 0 Å². The second-order valence-corrected chi connectivity index (χ2v) is 13.0. The molecule has 3 aromatic rings. The first-order chi connectivity index (χ1) is 18.0. The van der Waals surface area contributed by atoms with Gasteiger partial charge in [-0.3, -0.25) is 14.2 Å². The van der Waals surface area contributed by atoms with Crippen molar-refractivity contribution in [3.63, 3.8) is 0 Å². The number of rotatable bonds is 9. The van der Waals surface area contributed by atoms with Crippen LogP contribution in [0.4, 0.5) is 17.1 Å². The van der Waals surface area contributed by atoms with E-state index in [9.17, 15) is 18.3 Å². The van der Waals surface area contributed by atoms with E-state index in [4.69, 9.17) is 5.11 Å². The molecule has 1 saturated heterocycles. The largest absolute Gasteiger partial charge is 0.395 e. The average molecular weight is 542 g/mol. The van der Waals surface area contributed by atoms with Gasteiger partial charge in [0.1, 0.15) is 0 Å². The second kappa shape index (κ2) is 9.87. The number of fused-ring (bicyclic) bond motifs is 1. The molecule has 1 saturated carbocycles. The molecule has 0 atom stereocenters. The van der Waals surface area contributed by atoms with Crippen molar-refractivity contribution in [1.29, 1.82) is 0 Å². The van der Waals surface area contributed by atoms with Gasteiger partial charge in [-0.25, -0.2) is 8.42 Å². The van der Waals surface area contributed by atoms with Crippen LogP contribution in [0.1, 0.15) is 49.9 Å². The van der Waals surface area contributed by atoms with Crippen molar-refractivity contribution in [2.75, 3.05) is 40.4 Å². The molecule has 1 aliphatic heterocycles. The fourth-order valence-corrected chi connectivity index (χ4v) is 6.00. The van der Waals surface area contributed by atoms with E-state index in [0.29, 0.717) is 40.1 Å². The Balaban J connectivity index is 1.44. The lowest BCUT2D eigenvalue weighted by atomic mass is 9.93. The Morgan fingerprint density at radius 2 is 1.87 bits per heavy atom. The molecule has 5 rings (SSSR count). The number of amides is 1. The summed E-state index contributed by atoms with van der Waals surface area (Å²) in [6.07, 6.45) is 6.41. The Bertz CT molecular complexity index is 1450. The van der Waals surface area contributed by atoms with Gasteiger partial charge >= 0.3 is 0 Å². The number of benzene rings is 2. The van der Waals surface area contributed by atoms with Crippen molar-refractivity contribution >= 4 is 43.9 Å². The number of nitrogens with zero attached hydrogens (tertiary/aromatic N) is 3. The lowest BCUT2D eigenvalue weighted by Crippen LogP contribution is -2.35. The summed E-state index contributed by atoms with van der Waals surface area (Å²) < 4.78 is 28.7. The monoisotopic (exact) mass is 541 g/mol. The van der Waals surface area contributed by atoms with E-state index < -0.39 is 28.0 Å². The van der Waals surface area contributed by atoms with E-state index >= 15 is 0 Å². The standard InChI is InChI=1S/C27H35N5O5S/c1-26(2,35)18-32-17-21-22(4-3-5-23(21)29-32)28-25(34)20-7-6-19(30-38(36,37)15-14-33)16-24(20)31-12-10-27(8-9-27)11-13-31/h3-7,16-17,30,33,35H,8-15,18H2,1-2H3,(H,28,34). The molecule has 1 spiro atoms. The molecular weight excluding hydrogens is 506 g/mol. The summed E-state index contributed by atoms with van der Waals surface area (Å²) in [4.78, 5) is 15.8. The molecule has 2 heterocycles. The number of aliphatic hydroxyl groups is 2. The normalized spacial score (nSPS) is 17.1. The van der Waals surface area contributed by atoms with Crippen LogP contribution in [0.2, 0.25) is 0 Å². The first-order valence-electron chi connectivity index (χ1n) is 13.0. The Morgan fingerprint density at radius 3 is 2.53 bits per heavy atom. The summed E-state index contributed by atoms with van der Waals surface area (Å²) in [6.45, 7) is 4.85. The number of anilines is 3.